The van der Waals surface area contributed by atoms with E-state index in [0.29, 0.717) is 36.0 Å². The molecule has 304 valence electrons. The van der Waals surface area contributed by atoms with Crippen molar-refractivity contribution in [2.45, 2.75) is 113 Å². The standard InChI is InChI=1S/C46H63ClN4O4S/c1-32-8-6-20-46(54-2,30-49-22-23-50-21-4-3-12-38(50)28-49)40-16-13-36(40)27-51-29-45(19-7-11-34-25-37(47)15-17-39(34)45)31-55-42-18-14-35(26-41(42)51)44(52)48-56(53)43(32)24-33-9-5-10-33/h6,14-15,17-18,20,25-26,32-33,36,38,40,43H,3-5,7-13,16,19,21-24,27-31H2,1-2H3,(H,48,52)/b20-6+/t32?,36?,38?,40?,43?,45-,46-,56?/m0/s1. The predicted octanol–water partition coefficient (Wildman–Crippen LogP) is 7.94. The molecule has 9 rings (SSSR count). The lowest BCUT2D eigenvalue weighted by Gasteiger charge is -2.53. The van der Waals surface area contributed by atoms with Crippen molar-refractivity contribution in [2.24, 2.45) is 23.7 Å². The molecule has 2 bridgehead atoms. The number of hydrogen-bond acceptors (Lipinski definition) is 7. The number of anilines is 1. The van der Waals surface area contributed by atoms with Crippen LogP contribution in [-0.4, -0.2) is 96.3 Å². The van der Waals surface area contributed by atoms with Gasteiger partial charge in [-0.2, -0.15) is 0 Å². The van der Waals surface area contributed by atoms with E-state index >= 15 is 0 Å². The SMILES string of the molecule is CO[C@]1(CN2CCN3CCCCC3C2)/C=C/CC(C)C(CC2CCC2)S(=O)NC(=O)c2ccc3c(c2)N(CC2CCC21)C[C@@]1(CCCc2cc(Cl)ccc21)CO3. The van der Waals surface area contributed by atoms with E-state index in [-0.39, 0.29) is 22.5 Å². The highest BCUT2D eigenvalue weighted by atomic mass is 35.5. The summed E-state index contributed by atoms with van der Waals surface area (Å²) in [5, 5.41) is 0.669. The Balaban J connectivity index is 1.09. The number of methoxy groups -OCH3 is 1. The topological polar surface area (TPSA) is 74.4 Å². The molecule has 8 atom stereocenters. The Bertz CT molecular complexity index is 1820. The Hall–Kier alpha value is -2.43. The van der Waals surface area contributed by atoms with Crippen LogP contribution in [0.2, 0.25) is 5.02 Å². The third-order valence-corrected chi connectivity index (χ3v) is 17.2. The maximum atomic E-state index is 14.2. The van der Waals surface area contributed by atoms with Crippen LogP contribution in [0.25, 0.3) is 0 Å². The normalized spacial score (nSPS) is 36.1. The molecule has 4 fully saturated rings. The van der Waals surface area contributed by atoms with Crippen LogP contribution in [0.5, 0.6) is 5.75 Å². The highest BCUT2D eigenvalue weighted by Crippen LogP contribution is 2.49. The molecule has 2 aromatic carbocycles. The molecule has 6 unspecified atom stereocenters. The fraction of sp³-hybridized carbons (Fsp3) is 0.674. The molecular weight excluding hydrogens is 740 g/mol. The Kier molecular flexibility index (Phi) is 11.4. The lowest BCUT2D eigenvalue weighted by atomic mass is 9.63. The summed E-state index contributed by atoms with van der Waals surface area (Å²) in [6.07, 6.45) is 19.5. The molecule has 1 spiro atoms. The number of piperidine rings is 1. The summed E-state index contributed by atoms with van der Waals surface area (Å²) >= 11 is 6.56. The lowest BCUT2D eigenvalue weighted by Crippen LogP contribution is -2.61. The Labute approximate surface area is 342 Å². The summed E-state index contributed by atoms with van der Waals surface area (Å²) in [5.74, 6) is 2.04. The van der Waals surface area contributed by atoms with Crippen LogP contribution in [0, 0.1) is 23.7 Å². The van der Waals surface area contributed by atoms with Crippen molar-refractivity contribution in [3.8, 4) is 5.75 Å². The second kappa shape index (κ2) is 16.3. The van der Waals surface area contributed by atoms with E-state index in [4.69, 9.17) is 21.1 Å². The first-order valence-electron chi connectivity index (χ1n) is 21.9. The van der Waals surface area contributed by atoms with Gasteiger partial charge < -0.3 is 14.4 Å². The maximum Gasteiger partial charge on any atom is 0.263 e. The molecule has 4 aliphatic heterocycles. The van der Waals surface area contributed by atoms with Crippen LogP contribution in [0.1, 0.15) is 105 Å². The number of carbonyl (C=O) groups excluding carboxylic acids is 1. The molecule has 2 saturated heterocycles. The molecule has 2 saturated carbocycles. The zero-order chi connectivity index (χ0) is 38.4. The third-order valence-electron chi connectivity index (χ3n) is 15.4. The highest BCUT2D eigenvalue weighted by molar-refractivity contribution is 7.84. The third kappa shape index (κ3) is 7.62. The minimum atomic E-state index is -1.52. The van der Waals surface area contributed by atoms with Crippen LogP contribution in [0.15, 0.2) is 48.6 Å². The van der Waals surface area contributed by atoms with E-state index < -0.39 is 16.6 Å². The number of halogens is 1. The van der Waals surface area contributed by atoms with E-state index in [1.54, 1.807) is 0 Å². The van der Waals surface area contributed by atoms with Gasteiger partial charge in [-0.1, -0.05) is 62.4 Å². The Morgan fingerprint density at radius 2 is 1.89 bits per heavy atom. The molecule has 2 aromatic rings. The molecule has 1 N–H and O–H groups in total. The zero-order valence-corrected chi connectivity index (χ0v) is 35.3. The molecule has 4 heterocycles. The largest absolute Gasteiger partial charge is 0.490 e. The Morgan fingerprint density at radius 1 is 1.00 bits per heavy atom. The smallest absolute Gasteiger partial charge is 0.263 e. The minimum absolute atomic E-state index is 0.116. The zero-order valence-electron chi connectivity index (χ0n) is 33.7. The number of hydrogen-bond donors (Lipinski definition) is 1. The predicted molar refractivity (Wildman–Crippen MR) is 226 cm³/mol. The van der Waals surface area contributed by atoms with Crippen LogP contribution >= 0.6 is 11.6 Å². The summed E-state index contributed by atoms with van der Waals surface area (Å²) < 4.78 is 30.9. The van der Waals surface area contributed by atoms with Gasteiger partial charge in [-0.15, -0.1) is 0 Å². The number of rotatable bonds is 5. The van der Waals surface area contributed by atoms with Crippen LogP contribution in [0.4, 0.5) is 5.69 Å². The number of carbonyl (C=O) groups is 1. The van der Waals surface area contributed by atoms with Crippen molar-refractivity contribution in [3.05, 3.63) is 70.3 Å². The molecule has 56 heavy (non-hydrogen) atoms. The molecule has 0 aromatic heterocycles. The highest BCUT2D eigenvalue weighted by Gasteiger charge is 2.50. The fourth-order valence-corrected chi connectivity index (χ4v) is 13.3. The van der Waals surface area contributed by atoms with E-state index in [0.717, 1.165) is 101 Å². The van der Waals surface area contributed by atoms with Crippen LogP contribution < -0.4 is 14.4 Å². The number of nitrogens with zero attached hydrogens (tertiary/aromatic N) is 3. The number of allylic oxidation sites excluding steroid dienone is 1. The average molecular weight is 804 g/mol. The van der Waals surface area contributed by atoms with Crippen LogP contribution in [-0.2, 0) is 27.6 Å². The summed E-state index contributed by atoms with van der Waals surface area (Å²) in [6, 6.07) is 12.9. The number of aryl methyl sites for hydroxylation is 1. The van der Waals surface area contributed by atoms with Crippen LogP contribution in [0.3, 0.4) is 0 Å². The quantitative estimate of drug-likeness (QED) is 0.308. The summed E-state index contributed by atoms with van der Waals surface area (Å²) in [4.78, 5) is 22.0. The van der Waals surface area contributed by atoms with Crippen molar-refractivity contribution >= 4 is 34.2 Å². The molecule has 10 heteroatoms. The summed E-state index contributed by atoms with van der Waals surface area (Å²) in [6.45, 7) is 9.94. The molecule has 0 radical (unpaired) electrons. The fourth-order valence-electron chi connectivity index (χ4n) is 11.7. The molecule has 3 aliphatic carbocycles. The number of piperazine rings is 1. The van der Waals surface area contributed by atoms with Gasteiger partial charge in [0.2, 0.25) is 0 Å². The van der Waals surface area contributed by atoms with Gasteiger partial charge in [0.05, 0.1) is 17.5 Å². The lowest BCUT2D eigenvalue weighted by molar-refractivity contribution is -0.100. The number of benzene rings is 2. The van der Waals surface area contributed by atoms with Crippen molar-refractivity contribution in [2.75, 3.05) is 64.4 Å². The van der Waals surface area contributed by atoms with Crippen molar-refractivity contribution in [1.82, 2.24) is 14.5 Å². The Morgan fingerprint density at radius 3 is 2.70 bits per heavy atom. The number of amides is 1. The number of ether oxygens (including phenoxy) is 2. The van der Waals surface area contributed by atoms with Gasteiger partial charge in [0, 0.05) is 68.4 Å². The average Bonchev–Trinajstić information content (AvgIpc) is 3.32. The van der Waals surface area contributed by atoms with Crippen molar-refractivity contribution < 1.29 is 18.5 Å². The number of fused-ring (bicyclic) bond motifs is 5. The first kappa shape index (κ1) is 39.1. The van der Waals surface area contributed by atoms with E-state index in [9.17, 15) is 9.00 Å². The van der Waals surface area contributed by atoms with Gasteiger partial charge in [0.15, 0.2) is 0 Å². The van der Waals surface area contributed by atoms with Gasteiger partial charge in [-0.25, -0.2) is 4.21 Å². The van der Waals surface area contributed by atoms with Crippen molar-refractivity contribution in [3.63, 3.8) is 0 Å². The van der Waals surface area contributed by atoms with Crippen molar-refractivity contribution in [1.29, 1.82) is 0 Å². The second-order valence-electron chi connectivity index (χ2n) is 18.7. The minimum Gasteiger partial charge on any atom is -0.490 e. The second-order valence-corrected chi connectivity index (χ2v) is 20.6. The summed E-state index contributed by atoms with van der Waals surface area (Å²) in [5.41, 5.74) is 3.54. The number of nitrogens with one attached hydrogen (secondary N) is 1. The first-order valence-corrected chi connectivity index (χ1v) is 23.5. The summed E-state index contributed by atoms with van der Waals surface area (Å²) in [7, 11) is 0.432. The van der Waals surface area contributed by atoms with Gasteiger partial charge in [-0.05, 0) is 129 Å². The van der Waals surface area contributed by atoms with Gasteiger partial charge in [0.1, 0.15) is 22.3 Å². The van der Waals surface area contributed by atoms with Gasteiger partial charge >= 0.3 is 0 Å². The molecular formula is C46H63ClN4O4S. The van der Waals surface area contributed by atoms with Gasteiger partial charge in [0.25, 0.3) is 5.91 Å². The monoisotopic (exact) mass is 802 g/mol. The molecule has 8 nitrogen and oxygen atoms in total. The van der Waals surface area contributed by atoms with E-state index in [2.05, 4.69) is 50.6 Å². The van der Waals surface area contributed by atoms with E-state index in [1.807, 2.05) is 31.4 Å². The van der Waals surface area contributed by atoms with E-state index in [1.165, 1.54) is 56.2 Å². The van der Waals surface area contributed by atoms with Gasteiger partial charge in [-0.3, -0.25) is 19.3 Å². The molecule has 1 amide bonds. The molecule has 7 aliphatic rings. The maximum absolute atomic E-state index is 14.2. The first-order chi connectivity index (χ1) is 27.2.